The van der Waals surface area contributed by atoms with E-state index in [4.69, 9.17) is 9.47 Å². The maximum atomic E-state index is 5.67. The molecule has 0 saturated carbocycles. The van der Waals surface area contributed by atoms with Gasteiger partial charge in [0.15, 0.2) is 0 Å². The molecule has 3 nitrogen and oxygen atoms in total. The zero-order valence-electron chi connectivity index (χ0n) is 10.2. The van der Waals surface area contributed by atoms with E-state index in [1.165, 1.54) is 0 Å². The first-order chi connectivity index (χ1) is 6.49. The van der Waals surface area contributed by atoms with Crippen LogP contribution in [0, 0.1) is 0 Å². The monoisotopic (exact) mass is 203 g/mol. The molecule has 0 fully saturated rings. The summed E-state index contributed by atoms with van der Waals surface area (Å²) in [6.07, 6.45) is 1.07. The molecule has 0 aromatic carbocycles. The second-order valence-corrected chi connectivity index (χ2v) is 4.48. The van der Waals surface area contributed by atoms with E-state index in [9.17, 15) is 0 Å². The Hall–Kier alpha value is -0.120. The molecule has 0 heterocycles. The lowest BCUT2D eigenvalue weighted by Crippen LogP contribution is -2.38. The summed E-state index contributed by atoms with van der Waals surface area (Å²) in [5, 5.41) is 3.18. The summed E-state index contributed by atoms with van der Waals surface area (Å²) in [6.45, 7) is 10.5. The Labute approximate surface area is 88.2 Å². The lowest BCUT2D eigenvalue weighted by Gasteiger charge is -2.24. The number of hydrogen-bond donors (Lipinski definition) is 1. The Morgan fingerprint density at radius 3 is 2.29 bits per heavy atom. The fourth-order valence-corrected chi connectivity index (χ4v) is 0.935. The molecule has 0 aliphatic heterocycles. The molecule has 0 aromatic rings. The minimum atomic E-state index is -0.0696. The molecular weight excluding hydrogens is 178 g/mol. The van der Waals surface area contributed by atoms with Crippen LogP contribution in [0.5, 0.6) is 0 Å². The van der Waals surface area contributed by atoms with Crippen LogP contribution in [0.4, 0.5) is 0 Å². The fraction of sp³-hybridized carbons (Fsp3) is 1.00. The van der Waals surface area contributed by atoms with Gasteiger partial charge in [0.05, 0.1) is 24.9 Å². The van der Waals surface area contributed by atoms with Gasteiger partial charge in [-0.25, -0.2) is 0 Å². The Morgan fingerprint density at radius 1 is 1.21 bits per heavy atom. The second kappa shape index (κ2) is 7.21. The third-order valence-corrected chi connectivity index (χ3v) is 1.79. The van der Waals surface area contributed by atoms with Crippen molar-refractivity contribution in [2.24, 2.45) is 0 Å². The summed E-state index contributed by atoms with van der Waals surface area (Å²) in [5.74, 6) is 0. The highest BCUT2D eigenvalue weighted by molar-refractivity contribution is 4.66. The van der Waals surface area contributed by atoms with E-state index in [0.717, 1.165) is 19.6 Å². The summed E-state index contributed by atoms with van der Waals surface area (Å²) in [7, 11) is 1.94. The third kappa shape index (κ3) is 8.48. The van der Waals surface area contributed by atoms with Gasteiger partial charge in [0.1, 0.15) is 0 Å². The molecular formula is C11H25NO2. The van der Waals surface area contributed by atoms with Crippen molar-refractivity contribution in [3.8, 4) is 0 Å². The number of hydrogen-bond acceptors (Lipinski definition) is 3. The molecule has 1 unspecified atom stereocenters. The molecule has 0 saturated heterocycles. The SMILES string of the molecule is CCCOCC(COC(C)(C)C)NC. The molecule has 0 amide bonds. The van der Waals surface area contributed by atoms with Crippen LogP contribution in [0.15, 0.2) is 0 Å². The molecule has 0 bridgehead atoms. The van der Waals surface area contributed by atoms with Crippen molar-refractivity contribution < 1.29 is 9.47 Å². The normalized spacial score (nSPS) is 14.4. The molecule has 0 rings (SSSR count). The first-order valence-electron chi connectivity index (χ1n) is 5.38. The summed E-state index contributed by atoms with van der Waals surface area (Å²) in [4.78, 5) is 0. The molecule has 0 spiro atoms. The molecule has 0 aromatic heterocycles. The van der Waals surface area contributed by atoms with Gasteiger partial charge in [0, 0.05) is 6.61 Å². The lowest BCUT2D eigenvalue weighted by molar-refractivity contribution is -0.0269. The van der Waals surface area contributed by atoms with Crippen molar-refractivity contribution in [1.29, 1.82) is 0 Å². The minimum absolute atomic E-state index is 0.0696. The number of ether oxygens (including phenoxy) is 2. The Morgan fingerprint density at radius 2 is 1.86 bits per heavy atom. The van der Waals surface area contributed by atoms with Gasteiger partial charge in [-0.2, -0.15) is 0 Å². The maximum absolute atomic E-state index is 5.67. The van der Waals surface area contributed by atoms with Crippen molar-refractivity contribution in [3.05, 3.63) is 0 Å². The van der Waals surface area contributed by atoms with Crippen LogP contribution in [-0.2, 0) is 9.47 Å². The van der Waals surface area contributed by atoms with Crippen molar-refractivity contribution in [2.75, 3.05) is 26.9 Å². The molecule has 1 N–H and O–H groups in total. The molecule has 1 atom stereocenters. The average molecular weight is 203 g/mol. The zero-order valence-corrected chi connectivity index (χ0v) is 10.2. The van der Waals surface area contributed by atoms with E-state index < -0.39 is 0 Å². The fourth-order valence-electron chi connectivity index (χ4n) is 0.935. The van der Waals surface area contributed by atoms with Crippen LogP contribution >= 0.6 is 0 Å². The van der Waals surface area contributed by atoms with Gasteiger partial charge in [0.25, 0.3) is 0 Å². The number of nitrogens with one attached hydrogen (secondary N) is 1. The van der Waals surface area contributed by atoms with E-state index >= 15 is 0 Å². The molecule has 3 heteroatoms. The number of likely N-dealkylation sites (N-methyl/N-ethyl adjacent to an activating group) is 1. The molecule has 0 aliphatic carbocycles. The topological polar surface area (TPSA) is 30.5 Å². The highest BCUT2D eigenvalue weighted by atomic mass is 16.5. The smallest absolute Gasteiger partial charge is 0.0649 e. The Balaban J connectivity index is 3.58. The maximum Gasteiger partial charge on any atom is 0.0649 e. The quantitative estimate of drug-likeness (QED) is 0.640. The van der Waals surface area contributed by atoms with E-state index in [1.807, 2.05) is 7.05 Å². The van der Waals surface area contributed by atoms with Crippen LogP contribution in [0.25, 0.3) is 0 Å². The first-order valence-corrected chi connectivity index (χ1v) is 5.38. The highest BCUT2D eigenvalue weighted by Gasteiger charge is 2.14. The summed E-state index contributed by atoms with van der Waals surface area (Å²) >= 11 is 0. The van der Waals surface area contributed by atoms with Gasteiger partial charge in [-0.15, -0.1) is 0 Å². The largest absolute Gasteiger partial charge is 0.380 e. The summed E-state index contributed by atoms with van der Waals surface area (Å²) < 4.78 is 11.1. The molecule has 86 valence electrons. The van der Waals surface area contributed by atoms with Gasteiger partial charge < -0.3 is 14.8 Å². The predicted octanol–water partition coefficient (Wildman–Crippen LogP) is 1.82. The van der Waals surface area contributed by atoms with Crippen molar-refractivity contribution >= 4 is 0 Å². The van der Waals surface area contributed by atoms with Gasteiger partial charge in [-0.1, -0.05) is 6.92 Å². The van der Waals surface area contributed by atoms with Crippen LogP contribution in [0.1, 0.15) is 34.1 Å². The molecule has 14 heavy (non-hydrogen) atoms. The summed E-state index contributed by atoms with van der Waals surface area (Å²) in [6, 6.07) is 0.292. The molecule has 0 radical (unpaired) electrons. The average Bonchev–Trinajstić information content (AvgIpc) is 2.09. The summed E-state index contributed by atoms with van der Waals surface area (Å²) in [5.41, 5.74) is -0.0696. The standard InChI is InChI=1S/C11H25NO2/c1-6-7-13-8-10(12-5)9-14-11(2,3)4/h10,12H,6-9H2,1-5H3. The highest BCUT2D eigenvalue weighted by Crippen LogP contribution is 2.07. The van der Waals surface area contributed by atoms with Crippen molar-refractivity contribution in [1.82, 2.24) is 5.32 Å². The molecule has 0 aliphatic rings. The van der Waals surface area contributed by atoms with Crippen LogP contribution in [-0.4, -0.2) is 38.5 Å². The van der Waals surface area contributed by atoms with Crippen LogP contribution < -0.4 is 5.32 Å². The Bertz CT molecular complexity index is 132. The second-order valence-electron chi connectivity index (χ2n) is 4.48. The van der Waals surface area contributed by atoms with Gasteiger partial charge in [0.2, 0.25) is 0 Å². The van der Waals surface area contributed by atoms with E-state index in [-0.39, 0.29) is 5.60 Å². The van der Waals surface area contributed by atoms with Crippen molar-refractivity contribution in [3.63, 3.8) is 0 Å². The van der Waals surface area contributed by atoms with Gasteiger partial charge >= 0.3 is 0 Å². The first kappa shape index (κ1) is 13.9. The Kier molecular flexibility index (Phi) is 7.15. The van der Waals surface area contributed by atoms with Crippen LogP contribution in [0.2, 0.25) is 0 Å². The lowest BCUT2D eigenvalue weighted by atomic mass is 10.2. The number of rotatable bonds is 7. The minimum Gasteiger partial charge on any atom is -0.380 e. The van der Waals surface area contributed by atoms with Crippen molar-refractivity contribution in [2.45, 2.75) is 45.8 Å². The predicted molar refractivity (Wildman–Crippen MR) is 59.7 cm³/mol. The zero-order chi connectivity index (χ0) is 11.0. The van der Waals surface area contributed by atoms with Gasteiger partial charge in [-0.05, 0) is 34.2 Å². The van der Waals surface area contributed by atoms with E-state index in [1.54, 1.807) is 0 Å². The van der Waals surface area contributed by atoms with E-state index in [2.05, 4.69) is 33.0 Å². The van der Waals surface area contributed by atoms with Crippen LogP contribution in [0.3, 0.4) is 0 Å². The third-order valence-electron chi connectivity index (χ3n) is 1.79. The van der Waals surface area contributed by atoms with E-state index in [0.29, 0.717) is 12.6 Å². The van der Waals surface area contributed by atoms with Gasteiger partial charge in [-0.3, -0.25) is 0 Å².